The van der Waals surface area contributed by atoms with E-state index in [2.05, 4.69) is 15.6 Å². The Bertz CT molecular complexity index is 838. The molecule has 2 aromatic carbocycles. The number of rotatable bonds is 4. The van der Waals surface area contributed by atoms with E-state index in [1.54, 1.807) is 6.20 Å². The zero-order valence-electron chi connectivity index (χ0n) is 11.3. The van der Waals surface area contributed by atoms with Crippen LogP contribution in [0.3, 0.4) is 0 Å². The van der Waals surface area contributed by atoms with E-state index in [4.69, 9.17) is 0 Å². The molecule has 0 aliphatic heterocycles. The van der Waals surface area contributed by atoms with E-state index in [1.165, 1.54) is 0 Å². The number of aromatic amines is 1. The van der Waals surface area contributed by atoms with Crippen LogP contribution in [0.4, 0.5) is 17.1 Å². The minimum atomic E-state index is -0.474. The van der Waals surface area contributed by atoms with Crippen molar-refractivity contribution in [1.29, 1.82) is 0 Å². The normalized spacial score (nSPS) is 11.3. The third-order valence-electron chi connectivity index (χ3n) is 3.19. The molecule has 3 rings (SSSR count). The molecule has 20 heavy (non-hydrogen) atoms. The Morgan fingerprint density at radius 2 is 1.75 bits per heavy atom. The first-order valence-electron chi connectivity index (χ1n) is 6.51. The van der Waals surface area contributed by atoms with E-state index >= 15 is 0 Å². The minimum absolute atomic E-state index is 0.0989. The lowest BCUT2D eigenvalue weighted by Gasteiger charge is -2.16. The molecule has 5 nitrogen and oxygen atoms in total. The van der Waals surface area contributed by atoms with E-state index in [1.807, 2.05) is 38.1 Å². The van der Waals surface area contributed by atoms with E-state index < -0.39 is 10.9 Å². The molecule has 0 saturated carbocycles. The SMILES string of the molecule is CC(C)Nc1c(Nc2c[nH]c3ccccc23)c(=O)c1=O. The van der Waals surface area contributed by atoms with Crippen LogP contribution in [0.5, 0.6) is 0 Å². The molecule has 0 saturated heterocycles. The Kier molecular flexibility index (Phi) is 2.82. The van der Waals surface area contributed by atoms with Crippen LogP contribution in [0, 0.1) is 0 Å². The standard InChI is InChI=1S/C15H15N3O2/c1-8(2)17-12-13(15(20)14(12)19)18-11-7-16-10-6-4-3-5-9(10)11/h3-8,16-18H,1-2H3. The first kappa shape index (κ1) is 12.5. The highest BCUT2D eigenvalue weighted by Crippen LogP contribution is 2.27. The van der Waals surface area contributed by atoms with Crippen molar-refractivity contribution in [3.63, 3.8) is 0 Å². The molecule has 1 aromatic heterocycles. The van der Waals surface area contributed by atoms with Gasteiger partial charge in [-0.2, -0.15) is 0 Å². The fourth-order valence-corrected chi connectivity index (χ4v) is 2.25. The Balaban J connectivity index is 1.98. The largest absolute Gasteiger partial charge is 0.378 e. The zero-order chi connectivity index (χ0) is 14.3. The van der Waals surface area contributed by atoms with Gasteiger partial charge >= 0.3 is 0 Å². The predicted octanol–water partition coefficient (Wildman–Crippen LogP) is 2.33. The van der Waals surface area contributed by atoms with Gasteiger partial charge in [-0.3, -0.25) is 9.59 Å². The maximum absolute atomic E-state index is 11.7. The topological polar surface area (TPSA) is 74.0 Å². The summed E-state index contributed by atoms with van der Waals surface area (Å²) in [6, 6.07) is 7.87. The van der Waals surface area contributed by atoms with Crippen LogP contribution in [-0.4, -0.2) is 11.0 Å². The molecule has 0 aliphatic rings. The van der Waals surface area contributed by atoms with Gasteiger partial charge in [0.05, 0.1) is 5.69 Å². The summed E-state index contributed by atoms with van der Waals surface area (Å²) in [7, 11) is 0. The highest BCUT2D eigenvalue weighted by atomic mass is 16.2. The van der Waals surface area contributed by atoms with Crippen LogP contribution >= 0.6 is 0 Å². The molecule has 5 heteroatoms. The van der Waals surface area contributed by atoms with Crippen LogP contribution in [0.1, 0.15) is 13.8 Å². The molecule has 1 heterocycles. The molecule has 0 amide bonds. The van der Waals surface area contributed by atoms with Crippen molar-refractivity contribution in [2.24, 2.45) is 0 Å². The number of nitrogens with one attached hydrogen (secondary N) is 3. The third kappa shape index (κ3) is 1.87. The average molecular weight is 269 g/mol. The van der Waals surface area contributed by atoms with Crippen molar-refractivity contribution in [2.75, 3.05) is 10.6 Å². The third-order valence-corrected chi connectivity index (χ3v) is 3.19. The van der Waals surface area contributed by atoms with Gasteiger partial charge in [0.2, 0.25) is 0 Å². The summed E-state index contributed by atoms with van der Waals surface area (Å²) in [4.78, 5) is 26.4. The van der Waals surface area contributed by atoms with E-state index in [0.29, 0.717) is 11.4 Å². The van der Waals surface area contributed by atoms with Crippen molar-refractivity contribution in [3.05, 3.63) is 50.9 Å². The molecule has 0 radical (unpaired) electrons. The lowest BCUT2D eigenvalue weighted by Crippen LogP contribution is -2.37. The summed E-state index contributed by atoms with van der Waals surface area (Å²) >= 11 is 0. The highest BCUT2D eigenvalue weighted by molar-refractivity contribution is 5.95. The second-order valence-electron chi connectivity index (χ2n) is 5.08. The maximum Gasteiger partial charge on any atom is 0.253 e. The highest BCUT2D eigenvalue weighted by Gasteiger charge is 2.22. The number of aromatic nitrogens is 1. The van der Waals surface area contributed by atoms with Crippen LogP contribution in [0.2, 0.25) is 0 Å². The van der Waals surface area contributed by atoms with Gasteiger partial charge in [-0.05, 0) is 19.9 Å². The second kappa shape index (κ2) is 4.52. The number of hydrogen-bond acceptors (Lipinski definition) is 4. The molecule has 0 aliphatic carbocycles. The summed E-state index contributed by atoms with van der Waals surface area (Å²) < 4.78 is 0. The van der Waals surface area contributed by atoms with Crippen LogP contribution in [0.25, 0.3) is 10.9 Å². The summed E-state index contributed by atoms with van der Waals surface area (Å²) in [5.41, 5.74) is 1.55. The Morgan fingerprint density at radius 1 is 1.05 bits per heavy atom. The fraction of sp³-hybridized carbons (Fsp3) is 0.200. The van der Waals surface area contributed by atoms with Crippen LogP contribution in [0.15, 0.2) is 40.1 Å². The molecule has 0 bridgehead atoms. The van der Waals surface area contributed by atoms with Crippen LogP contribution < -0.4 is 21.5 Å². The van der Waals surface area contributed by atoms with Gasteiger partial charge in [-0.15, -0.1) is 0 Å². The number of hydrogen-bond donors (Lipinski definition) is 3. The number of fused-ring (bicyclic) bond motifs is 1. The predicted molar refractivity (Wildman–Crippen MR) is 81.7 cm³/mol. The van der Waals surface area contributed by atoms with Gasteiger partial charge in [0.1, 0.15) is 11.4 Å². The van der Waals surface area contributed by atoms with Crippen molar-refractivity contribution < 1.29 is 0 Å². The van der Waals surface area contributed by atoms with Crippen LogP contribution in [-0.2, 0) is 0 Å². The molecule has 0 fully saturated rings. The molecule has 0 atom stereocenters. The van der Waals surface area contributed by atoms with E-state index in [-0.39, 0.29) is 6.04 Å². The van der Waals surface area contributed by atoms with Crippen molar-refractivity contribution in [2.45, 2.75) is 19.9 Å². The summed E-state index contributed by atoms with van der Waals surface area (Å²) in [6.45, 7) is 3.85. The summed E-state index contributed by atoms with van der Waals surface area (Å²) in [5, 5.41) is 7.04. The van der Waals surface area contributed by atoms with Gasteiger partial charge in [0, 0.05) is 23.1 Å². The van der Waals surface area contributed by atoms with Gasteiger partial charge in [0.15, 0.2) is 0 Å². The van der Waals surface area contributed by atoms with E-state index in [0.717, 1.165) is 16.6 Å². The quantitative estimate of drug-likeness (QED) is 0.635. The maximum atomic E-state index is 11.7. The molecule has 3 aromatic rings. The number of anilines is 3. The molecular formula is C15H15N3O2. The summed E-state index contributed by atoms with van der Waals surface area (Å²) in [5.74, 6) is 0. The van der Waals surface area contributed by atoms with Gasteiger partial charge < -0.3 is 15.6 Å². The van der Waals surface area contributed by atoms with Gasteiger partial charge in [-0.1, -0.05) is 18.2 Å². The van der Waals surface area contributed by atoms with Crippen molar-refractivity contribution in [3.8, 4) is 0 Å². The number of benzene rings is 1. The summed E-state index contributed by atoms with van der Waals surface area (Å²) in [6.07, 6.45) is 1.79. The number of para-hydroxylation sites is 1. The fourth-order valence-electron chi connectivity index (χ4n) is 2.25. The molecular weight excluding hydrogens is 254 g/mol. The lowest BCUT2D eigenvalue weighted by atomic mass is 10.1. The number of H-pyrrole nitrogens is 1. The smallest absolute Gasteiger partial charge is 0.253 e. The zero-order valence-corrected chi connectivity index (χ0v) is 11.3. The molecule has 0 unspecified atom stereocenters. The first-order valence-corrected chi connectivity index (χ1v) is 6.51. The minimum Gasteiger partial charge on any atom is -0.378 e. The van der Waals surface area contributed by atoms with Gasteiger partial charge in [-0.25, -0.2) is 0 Å². The lowest BCUT2D eigenvalue weighted by molar-refractivity contribution is 0.894. The second-order valence-corrected chi connectivity index (χ2v) is 5.08. The molecule has 3 N–H and O–H groups in total. The Hall–Kier alpha value is -2.56. The van der Waals surface area contributed by atoms with Crippen molar-refractivity contribution in [1.82, 2.24) is 4.98 Å². The van der Waals surface area contributed by atoms with E-state index in [9.17, 15) is 9.59 Å². The van der Waals surface area contributed by atoms with Crippen molar-refractivity contribution >= 4 is 28.0 Å². The monoisotopic (exact) mass is 269 g/mol. The first-order chi connectivity index (χ1) is 9.58. The van der Waals surface area contributed by atoms with Gasteiger partial charge in [0.25, 0.3) is 10.9 Å². The Morgan fingerprint density at radius 3 is 2.50 bits per heavy atom. The molecule has 102 valence electrons. The average Bonchev–Trinajstić information content (AvgIpc) is 2.85. The Labute approximate surface area is 115 Å². The molecule has 0 spiro atoms.